The molecular formula is C13H20N4O. The minimum Gasteiger partial charge on any atom is -0.370 e. The summed E-state index contributed by atoms with van der Waals surface area (Å²) in [5, 5.41) is 3.20. The number of aryl methyl sites for hydroxylation is 1. The molecule has 0 spiro atoms. The molecule has 0 aliphatic carbocycles. The lowest BCUT2D eigenvalue weighted by Crippen LogP contribution is -2.28. The van der Waals surface area contributed by atoms with Crippen LogP contribution in [0.2, 0.25) is 0 Å². The largest absolute Gasteiger partial charge is 0.370 e. The van der Waals surface area contributed by atoms with E-state index in [-0.39, 0.29) is 5.91 Å². The van der Waals surface area contributed by atoms with E-state index < -0.39 is 0 Å². The highest BCUT2D eigenvalue weighted by molar-refractivity contribution is 5.93. The zero-order valence-corrected chi connectivity index (χ0v) is 11.1. The average Bonchev–Trinajstić information content (AvgIpc) is 2.88. The van der Waals surface area contributed by atoms with Gasteiger partial charge in [-0.05, 0) is 26.2 Å². The van der Waals surface area contributed by atoms with Crippen LogP contribution >= 0.6 is 0 Å². The number of rotatable bonds is 4. The van der Waals surface area contributed by atoms with Crippen LogP contribution in [0.5, 0.6) is 0 Å². The molecule has 0 radical (unpaired) electrons. The van der Waals surface area contributed by atoms with Crippen molar-refractivity contribution in [2.45, 2.75) is 33.1 Å². The number of hydrogen-bond donors (Lipinski definition) is 1. The van der Waals surface area contributed by atoms with E-state index in [0.29, 0.717) is 11.5 Å². The van der Waals surface area contributed by atoms with Crippen LogP contribution in [0.4, 0.5) is 5.82 Å². The first-order valence-electron chi connectivity index (χ1n) is 6.59. The van der Waals surface area contributed by atoms with Gasteiger partial charge in [0.2, 0.25) is 0 Å². The number of nitrogens with zero attached hydrogens (tertiary/aromatic N) is 3. The third-order valence-electron chi connectivity index (χ3n) is 3.01. The van der Waals surface area contributed by atoms with Crippen LogP contribution in [0.3, 0.4) is 0 Å². The second kappa shape index (κ2) is 5.80. The number of hydrogen-bond acceptors (Lipinski definition) is 4. The van der Waals surface area contributed by atoms with Gasteiger partial charge in [-0.15, -0.1) is 0 Å². The van der Waals surface area contributed by atoms with Crippen molar-refractivity contribution in [3.05, 3.63) is 17.6 Å². The Balaban J connectivity index is 2.15. The molecule has 1 aromatic heterocycles. The fourth-order valence-electron chi connectivity index (χ4n) is 2.10. The minimum absolute atomic E-state index is 0.0255. The van der Waals surface area contributed by atoms with Gasteiger partial charge in [0.05, 0.1) is 0 Å². The van der Waals surface area contributed by atoms with Gasteiger partial charge in [-0.2, -0.15) is 0 Å². The standard InChI is InChI=1S/C13H20N4O/c1-3-6-14-12-9-11(15-10(2)16-12)13(18)17-7-4-5-8-17/h9H,3-8H2,1-2H3,(H,14,15,16). The zero-order valence-electron chi connectivity index (χ0n) is 11.1. The van der Waals surface area contributed by atoms with Crippen molar-refractivity contribution in [3.8, 4) is 0 Å². The molecule has 1 saturated heterocycles. The molecule has 98 valence electrons. The molecule has 1 N–H and O–H groups in total. The Kier molecular flexibility index (Phi) is 4.12. The fraction of sp³-hybridized carbons (Fsp3) is 0.615. The third-order valence-corrected chi connectivity index (χ3v) is 3.01. The molecule has 0 unspecified atom stereocenters. The van der Waals surface area contributed by atoms with E-state index in [4.69, 9.17) is 0 Å². The van der Waals surface area contributed by atoms with Crippen molar-refractivity contribution in [1.82, 2.24) is 14.9 Å². The van der Waals surface area contributed by atoms with Crippen LogP contribution in [0.25, 0.3) is 0 Å². The van der Waals surface area contributed by atoms with Crippen molar-refractivity contribution in [1.29, 1.82) is 0 Å². The van der Waals surface area contributed by atoms with Crippen molar-refractivity contribution in [2.24, 2.45) is 0 Å². The number of likely N-dealkylation sites (tertiary alicyclic amines) is 1. The van der Waals surface area contributed by atoms with Crippen LogP contribution in [-0.2, 0) is 0 Å². The molecule has 5 nitrogen and oxygen atoms in total. The van der Waals surface area contributed by atoms with E-state index in [9.17, 15) is 4.79 Å². The maximum Gasteiger partial charge on any atom is 0.272 e. The van der Waals surface area contributed by atoms with Gasteiger partial charge in [0, 0.05) is 25.7 Å². The zero-order chi connectivity index (χ0) is 13.0. The highest BCUT2D eigenvalue weighted by Gasteiger charge is 2.21. The molecular weight excluding hydrogens is 228 g/mol. The van der Waals surface area contributed by atoms with Gasteiger partial charge in [0.25, 0.3) is 5.91 Å². The van der Waals surface area contributed by atoms with Crippen LogP contribution in [0.15, 0.2) is 6.07 Å². The van der Waals surface area contributed by atoms with Gasteiger partial charge < -0.3 is 10.2 Å². The van der Waals surface area contributed by atoms with Gasteiger partial charge >= 0.3 is 0 Å². The summed E-state index contributed by atoms with van der Waals surface area (Å²) in [5.41, 5.74) is 0.503. The molecule has 1 fully saturated rings. The van der Waals surface area contributed by atoms with E-state index >= 15 is 0 Å². The Morgan fingerprint density at radius 1 is 1.39 bits per heavy atom. The second-order valence-electron chi connectivity index (χ2n) is 4.61. The van der Waals surface area contributed by atoms with Gasteiger partial charge in [0.1, 0.15) is 17.3 Å². The summed E-state index contributed by atoms with van der Waals surface area (Å²) in [7, 11) is 0. The lowest BCUT2D eigenvalue weighted by molar-refractivity contribution is 0.0786. The molecule has 2 heterocycles. The molecule has 1 amide bonds. The summed E-state index contributed by atoms with van der Waals surface area (Å²) in [5.74, 6) is 1.41. The van der Waals surface area contributed by atoms with Crippen molar-refractivity contribution in [2.75, 3.05) is 25.0 Å². The summed E-state index contributed by atoms with van der Waals surface area (Å²) in [6, 6.07) is 1.75. The second-order valence-corrected chi connectivity index (χ2v) is 4.61. The van der Waals surface area contributed by atoms with Crippen molar-refractivity contribution in [3.63, 3.8) is 0 Å². The number of nitrogens with one attached hydrogen (secondary N) is 1. The molecule has 1 aromatic rings. The Morgan fingerprint density at radius 3 is 2.78 bits per heavy atom. The third kappa shape index (κ3) is 2.97. The summed E-state index contributed by atoms with van der Waals surface area (Å²) in [4.78, 5) is 22.6. The molecule has 0 atom stereocenters. The predicted molar refractivity (Wildman–Crippen MR) is 70.7 cm³/mol. The van der Waals surface area contributed by atoms with E-state index in [1.54, 1.807) is 6.07 Å². The number of carbonyl (C=O) groups is 1. The number of carbonyl (C=O) groups excluding carboxylic acids is 1. The lowest BCUT2D eigenvalue weighted by Gasteiger charge is -2.15. The highest BCUT2D eigenvalue weighted by atomic mass is 16.2. The van der Waals surface area contributed by atoms with Crippen LogP contribution < -0.4 is 5.32 Å². The molecule has 0 bridgehead atoms. The molecule has 0 saturated carbocycles. The maximum absolute atomic E-state index is 12.2. The smallest absolute Gasteiger partial charge is 0.272 e. The fourth-order valence-corrected chi connectivity index (χ4v) is 2.10. The number of aromatic nitrogens is 2. The summed E-state index contributed by atoms with van der Waals surface area (Å²) < 4.78 is 0. The topological polar surface area (TPSA) is 58.1 Å². The van der Waals surface area contributed by atoms with E-state index in [0.717, 1.165) is 44.7 Å². The highest BCUT2D eigenvalue weighted by Crippen LogP contribution is 2.14. The molecule has 5 heteroatoms. The average molecular weight is 248 g/mol. The van der Waals surface area contributed by atoms with Crippen LogP contribution in [-0.4, -0.2) is 40.4 Å². The molecule has 1 aliphatic rings. The molecule has 18 heavy (non-hydrogen) atoms. The molecule has 0 aromatic carbocycles. The molecule has 1 aliphatic heterocycles. The Labute approximate surface area is 108 Å². The quantitative estimate of drug-likeness (QED) is 0.883. The van der Waals surface area contributed by atoms with Crippen LogP contribution in [0.1, 0.15) is 42.5 Å². The predicted octanol–water partition coefficient (Wildman–Crippen LogP) is 1.84. The summed E-state index contributed by atoms with van der Waals surface area (Å²) in [6.07, 6.45) is 3.21. The maximum atomic E-state index is 12.2. The van der Waals surface area contributed by atoms with Gasteiger partial charge in [-0.3, -0.25) is 4.79 Å². The minimum atomic E-state index is 0.0255. The van der Waals surface area contributed by atoms with Gasteiger partial charge in [0.15, 0.2) is 0 Å². The van der Waals surface area contributed by atoms with Crippen molar-refractivity contribution >= 4 is 11.7 Å². The van der Waals surface area contributed by atoms with E-state index in [1.807, 2.05) is 11.8 Å². The summed E-state index contributed by atoms with van der Waals surface area (Å²) in [6.45, 7) is 6.46. The Morgan fingerprint density at radius 2 is 2.11 bits per heavy atom. The first kappa shape index (κ1) is 12.8. The first-order valence-corrected chi connectivity index (χ1v) is 6.59. The summed E-state index contributed by atoms with van der Waals surface area (Å²) >= 11 is 0. The number of amides is 1. The molecule has 2 rings (SSSR count). The first-order chi connectivity index (χ1) is 8.70. The Bertz CT molecular complexity index is 427. The van der Waals surface area contributed by atoms with Crippen LogP contribution in [0, 0.1) is 6.92 Å². The monoisotopic (exact) mass is 248 g/mol. The van der Waals surface area contributed by atoms with Crippen molar-refractivity contribution < 1.29 is 4.79 Å². The van der Waals surface area contributed by atoms with Gasteiger partial charge in [-0.1, -0.05) is 6.92 Å². The Hall–Kier alpha value is -1.65. The van der Waals surface area contributed by atoms with E-state index in [1.165, 1.54) is 0 Å². The van der Waals surface area contributed by atoms with E-state index in [2.05, 4.69) is 22.2 Å². The SMILES string of the molecule is CCCNc1cc(C(=O)N2CCCC2)nc(C)n1. The number of anilines is 1. The van der Waals surface area contributed by atoms with Gasteiger partial charge in [-0.25, -0.2) is 9.97 Å². The normalized spacial score (nSPS) is 14.9. The lowest BCUT2D eigenvalue weighted by atomic mass is 10.3.